The molecule has 3 aromatic rings. The molecule has 0 atom stereocenters. The molecular weight excluding hydrogens is 353 g/mol. The van der Waals surface area contributed by atoms with Crippen LogP contribution >= 0.6 is 23.2 Å². The smallest absolute Gasteiger partial charge is 0.286 e. The van der Waals surface area contributed by atoms with E-state index in [1.165, 1.54) is 10.9 Å². The molecule has 3 rings (SSSR count). The fourth-order valence-electron chi connectivity index (χ4n) is 1.96. The predicted molar refractivity (Wildman–Crippen MR) is 90.4 cm³/mol. The minimum atomic E-state index is -0.393. The molecule has 24 heavy (non-hydrogen) atoms. The Bertz CT molecular complexity index is 905. The highest BCUT2D eigenvalue weighted by molar-refractivity contribution is 6.31. The standard InChI is InChI=1S/C15H13Cl2N5O2/c1-9-6-19-22(15(23)14(9)17)8-13-20-12(21-24-13)7-18-11-4-2-10(16)3-5-11/h2-6,18H,7-8H2,1H3. The first-order valence-electron chi connectivity index (χ1n) is 7.06. The fraction of sp³-hybridized carbons (Fsp3) is 0.200. The van der Waals surface area contributed by atoms with Crippen LogP contribution in [0.3, 0.4) is 0 Å². The summed E-state index contributed by atoms with van der Waals surface area (Å²) < 4.78 is 6.32. The molecule has 2 aromatic heterocycles. The van der Waals surface area contributed by atoms with E-state index < -0.39 is 5.56 Å². The zero-order chi connectivity index (χ0) is 17.1. The number of hydrogen-bond acceptors (Lipinski definition) is 6. The second-order valence-corrected chi connectivity index (χ2v) is 5.88. The van der Waals surface area contributed by atoms with E-state index in [9.17, 15) is 4.79 Å². The summed E-state index contributed by atoms with van der Waals surface area (Å²) >= 11 is 11.8. The topological polar surface area (TPSA) is 85.8 Å². The molecule has 124 valence electrons. The van der Waals surface area contributed by atoms with Gasteiger partial charge in [-0.25, -0.2) is 4.68 Å². The van der Waals surface area contributed by atoms with Gasteiger partial charge in [0.1, 0.15) is 11.6 Å². The van der Waals surface area contributed by atoms with Gasteiger partial charge in [-0.1, -0.05) is 28.4 Å². The Hall–Kier alpha value is -2.38. The molecule has 2 heterocycles. The van der Waals surface area contributed by atoms with Crippen LogP contribution in [-0.4, -0.2) is 19.9 Å². The molecule has 0 spiro atoms. The van der Waals surface area contributed by atoms with Crippen molar-refractivity contribution in [2.75, 3.05) is 5.32 Å². The van der Waals surface area contributed by atoms with Gasteiger partial charge >= 0.3 is 0 Å². The van der Waals surface area contributed by atoms with Crippen molar-refractivity contribution in [2.24, 2.45) is 0 Å². The van der Waals surface area contributed by atoms with Crippen LogP contribution in [0.5, 0.6) is 0 Å². The van der Waals surface area contributed by atoms with Gasteiger partial charge in [-0.05, 0) is 36.8 Å². The maximum absolute atomic E-state index is 12.0. The van der Waals surface area contributed by atoms with Gasteiger partial charge in [0.2, 0.25) is 5.89 Å². The Balaban J connectivity index is 1.66. The highest BCUT2D eigenvalue weighted by Gasteiger charge is 2.11. The van der Waals surface area contributed by atoms with Gasteiger partial charge in [0.25, 0.3) is 5.56 Å². The van der Waals surface area contributed by atoms with E-state index in [-0.39, 0.29) is 17.5 Å². The summed E-state index contributed by atoms with van der Waals surface area (Å²) in [6.45, 7) is 2.16. The first kappa shape index (κ1) is 16.5. The second-order valence-electron chi connectivity index (χ2n) is 5.07. The summed E-state index contributed by atoms with van der Waals surface area (Å²) in [4.78, 5) is 16.2. The molecular formula is C15H13Cl2N5O2. The molecule has 1 aromatic carbocycles. The summed E-state index contributed by atoms with van der Waals surface area (Å²) in [6.07, 6.45) is 1.52. The van der Waals surface area contributed by atoms with Gasteiger partial charge in [0.05, 0.1) is 12.7 Å². The van der Waals surface area contributed by atoms with Gasteiger partial charge < -0.3 is 9.84 Å². The van der Waals surface area contributed by atoms with Crippen LogP contribution in [0.15, 0.2) is 39.8 Å². The van der Waals surface area contributed by atoms with Gasteiger partial charge in [-0.15, -0.1) is 0 Å². The molecule has 1 N–H and O–H groups in total. The molecule has 0 aliphatic heterocycles. The van der Waals surface area contributed by atoms with E-state index in [1.807, 2.05) is 12.1 Å². The lowest BCUT2D eigenvalue weighted by Crippen LogP contribution is -2.24. The van der Waals surface area contributed by atoms with E-state index >= 15 is 0 Å². The Labute approximate surface area is 147 Å². The van der Waals surface area contributed by atoms with Crippen LogP contribution in [0.1, 0.15) is 17.3 Å². The van der Waals surface area contributed by atoms with Gasteiger partial charge in [0.15, 0.2) is 5.82 Å². The number of halogens is 2. The molecule has 0 saturated heterocycles. The fourth-order valence-corrected chi connectivity index (χ4v) is 2.24. The monoisotopic (exact) mass is 365 g/mol. The summed E-state index contributed by atoms with van der Waals surface area (Å²) in [5.41, 5.74) is 1.11. The summed E-state index contributed by atoms with van der Waals surface area (Å²) in [5, 5.41) is 11.8. The van der Waals surface area contributed by atoms with E-state index in [2.05, 4.69) is 20.6 Å². The Morgan fingerprint density at radius 1 is 1.25 bits per heavy atom. The average molecular weight is 366 g/mol. The summed E-state index contributed by atoms with van der Waals surface area (Å²) in [7, 11) is 0. The molecule has 0 saturated carbocycles. The summed E-state index contributed by atoms with van der Waals surface area (Å²) in [5.74, 6) is 0.739. The van der Waals surface area contributed by atoms with Crippen LogP contribution in [0.4, 0.5) is 5.69 Å². The van der Waals surface area contributed by atoms with Crippen molar-refractivity contribution >= 4 is 28.9 Å². The molecule has 0 fully saturated rings. The first-order chi connectivity index (χ1) is 11.5. The number of benzene rings is 1. The molecule has 0 amide bonds. The number of nitrogens with zero attached hydrogens (tertiary/aromatic N) is 4. The normalized spacial score (nSPS) is 10.8. The lowest BCUT2D eigenvalue weighted by Gasteiger charge is -2.03. The van der Waals surface area contributed by atoms with E-state index in [4.69, 9.17) is 27.7 Å². The second kappa shape index (κ2) is 7.02. The maximum Gasteiger partial charge on any atom is 0.286 e. The third-order valence-corrected chi connectivity index (χ3v) is 3.96. The zero-order valence-corrected chi connectivity index (χ0v) is 14.2. The van der Waals surface area contributed by atoms with Crippen LogP contribution in [-0.2, 0) is 13.1 Å². The lowest BCUT2D eigenvalue weighted by atomic mass is 10.3. The van der Waals surface area contributed by atoms with Crippen molar-refractivity contribution in [3.63, 3.8) is 0 Å². The largest absolute Gasteiger partial charge is 0.378 e. The van der Waals surface area contributed by atoms with Gasteiger partial charge in [0, 0.05) is 10.7 Å². The highest BCUT2D eigenvalue weighted by atomic mass is 35.5. The molecule has 0 bridgehead atoms. The van der Waals surface area contributed by atoms with Crippen LogP contribution < -0.4 is 10.9 Å². The number of nitrogens with one attached hydrogen (secondary N) is 1. The number of aryl methyl sites for hydroxylation is 1. The first-order valence-corrected chi connectivity index (χ1v) is 7.81. The van der Waals surface area contributed by atoms with Crippen molar-refractivity contribution in [3.8, 4) is 0 Å². The minimum absolute atomic E-state index is 0.0623. The maximum atomic E-state index is 12.0. The predicted octanol–water partition coefficient (Wildman–Crippen LogP) is 2.90. The zero-order valence-electron chi connectivity index (χ0n) is 12.7. The number of hydrogen-bond donors (Lipinski definition) is 1. The van der Waals surface area contributed by atoms with Gasteiger partial charge in [-0.3, -0.25) is 4.79 Å². The van der Waals surface area contributed by atoms with Crippen molar-refractivity contribution in [2.45, 2.75) is 20.0 Å². The molecule has 9 heteroatoms. The molecule has 7 nitrogen and oxygen atoms in total. The number of anilines is 1. The van der Waals surface area contributed by atoms with E-state index in [1.54, 1.807) is 19.1 Å². The van der Waals surface area contributed by atoms with Crippen molar-refractivity contribution in [1.82, 2.24) is 19.9 Å². The Morgan fingerprint density at radius 3 is 2.75 bits per heavy atom. The molecule has 0 radical (unpaired) electrons. The highest BCUT2D eigenvalue weighted by Crippen LogP contribution is 2.14. The Kier molecular flexibility index (Phi) is 4.82. The number of aromatic nitrogens is 4. The quantitative estimate of drug-likeness (QED) is 0.747. The SMILES string of the molecule is Cc1cnn(Cc2nc(CNc3ccc(Cl)cc3)no2)c(=O)c1Cl. The summed E-state index contributed by atoms with van der Waals surface area (Å²) in [6, 6.07) is 7.26. The average Bonchev–Trinajstić information content (AvgIpc) is 3.02. The lowest BCUT2D eigenvalue weighted by molar-refractivity contribution is 0.359. The van der Waals surface area contributed by atoms with E-state index in [0.29, 0.717) is 23.0 Å². The third-order valence-electron chi connectivity index (χ3n) is 3.25. The van der Waals surface area contributed by atoms with Crippen LogP contribution in [0, 0.1) is 6.92 Å². The molecule has 0 unspecified atom stereocenters. The van der Waals surface area contributed by atoms with Crippen molar-refractivity contribution in [1.29, 1.82) is 0 Å². The van der Waals surface area contributed by atoms with Crippen LogP contribution in [0.2, 0.25) is 10.0 Å². The minimum Gasteiger partial charge on any atom is -0.378 e. The van der Waals surface area contributed by atoms with Crippen LogP contribution in [0.25, 0.3) is 0 Å². The molecule has 0 aliphatic rings. The van der Waals surface area contributed by atoms with Gasteiger partial charge in [-0.2, -0.15) is 10.1 Å². The number of rotatable bonds is 5. The van der Waals surface area contributed by atoms with E-state index in [0.717, 1.165) is 5.69 Å². The third kappa shape index (κ3) is 3.74. The Morgan fingerprint density at radius 2 is 2.00 bits per heavy atom. The van der Waals surface area contributed by atoms with Crippen molar-refractivity contribution < 1.29 is 4.52 Å². The molecule has 0 aliphatic carbocycles. The van der Waals surface area contributed by atoms with Crippen molar-refractivity contribution in [3.05, 3.63) is 68.1 Å².